The fraction of sp³-hybridized carbons (Fsp3) is 0.455. The molecule has 0 aliphatic rings. The van der Waals surface area contributed by atoms with Crippen LogP contribution in [0.4, 0.5) is 0 Å². The summed E-state index contributed by atoms with van der Waals surface area (Å²) >= 11 is 3.24. The lowest BCUT2D eigenvalue weighted by atomic mass is 10.4. The van der Waals surface area contributed by atoms with Gasteiger partial charge in [-0.15, -0.1) is 0 Å². The van der Waals surface area contributed by atoms with Crippen LogP contribution in [0, 0.1) is 0 Å². The van der Waals surface area contributed by atoms with E-state index in [-0.39, 0.29) is 4.90 Å². The van der Waals surface area contributed by atoms with Crippen molar-refractivity contribution in [3.05, 3.63) is 28.7 Å². The predicted octanol–water partition coefficient (Wildman–Crippen LogP) is 1.68. The smallest absolute Gasteiger partial charge is 0.241 e. The highest BCUT2D eigenvalue weighted by Gasteiger charge is 2.16. The topological polar surface area (TPSA) is 49.4 Å². The molecular formula is C11H17BrN2O2S. The number of hydrogen-bond donors (Lipinski definition) is 1. The standard InChI is InChI=1S/C11H17BrN2O2S/c1-3-14(2)9-8-13-17(15,16)11-7-5-4-6-10(11)12/h4-7,13H,3,8-9H2,1-2H3. The van der Waals surface area contributed by atoms with Gasteiger partial charge in [0, 0.05) is 17.6 Å². The van der Waals surface area contributed by atoms with E-state index in [9.17, 15) is 8.42 Å². The van der Waals surface area contributed by atoms with Crippen molar-refractivity contribution in [1.82, 2.24) is 9.62 Å². The van der Waals surface area contributed by atoms with Crippen LogP contribution >= 0.6 is 15.9 Å². The minimum atomic E-state index is -3.42. The van der Waals surface area contributed by atoms with E-state index >= 15 is 0 Å². The van der Waals surface area contributed by atoms with Crippen LogP contribution in [0.3, 0.4) is 0 Å². The summed E-state index contributed by atoms with van der Waals surface area (Å²) in [6, 6.07) is 6.79. The van der Waals surface area contributed by atoms with Crippen LogP contribution in [-0.2, 0) is 10.0 Å². The molecule has 0 unspecified atom stereocenters. The Kier molecular flexibility index (Phi) is 5.58. The number of nitrogens with one attached hydrogen (secondary N) is 1. The van der Waals surface area contributed by atoms with E-state index in [1.165, 1.54) is 0 Å². The molecule has 0 bridgehead atoms. The van der Waals surface area contributed by atoms with Gasteiger partial charge in [0.2, 0.25) is 10.0 Å². The molecule has 1 rings (SSSR count). The highest BCUT2D eigenvalue weighted by molar-refractivity contribution is 9.10. The molecule has 0 aliphatic heterocycles. The molecule has 96 valence electrons. The van der Waals surface area contributed by atoms with Gasteiger partial charge >= 0.3 is 0 Å². The highest BCUT2D eigenvalue weighted by atomic mass is 79.9. The summed E-state index contributed by atoms with van der Waals surface area (Å²) in [5.74, 6) is 0. The minimum Gasteiger partial charge on any atom is -0.305 e. The molecule has 0 heterocycles. The van der Waals surface area contributed by atoms with Crippen molar-refractivity contribution < 1.29 is 8.42 Å². The van der Waals surface area contributed by atoms with Gasteiger partial charge in [-0.1, -0.05) is 19.1 Å². The summed E-state index contributed by atoms with van der Waals surface area (Å²) in [5, 5.41) is 0. The van der Waals surface area contributed by atoms with Crippen LogP contribution in [-0.4, -0.2) is 40.0 Å². The predicted molar refractivity (Wildman–Crippen MR) is 72.5 cm³/mol. The lowest BCUT2D eigenvalue weighted by molar-refractivity contribution is 0.358. The third-order valence-corrected chi connectivity index (χ3v) is 4.92. The lowest BCUT2D eigenvalue weighted by Gasteiger charge is -2.14. The van der Waals surface area contributed by atoms with Crippen LogP contribution in [0.15, 0.2) is 33.6 Å². The average molecular weight is 321 g/mol. The first-order valence-electron chi connectivity index (χ1n) is 5.40. The molecule has 1 aromatic rings. The summed E-state index contributed by atoms with van der Waals surface area (Å²) in [6.07, 6.45) is 0. The maximum atomic E-state index is 12.0. The van der Waals surface area contributed by atoms with Crippen molar-refractivity contribution in [3.63, 3.8) is 0 Å². The summed E-state index contributed by atoms with van der Waals surface area (Å²) in [5.41, 5.74) is 0. The van der Waals surface area contributed by atoms with E-state index in [2.05, 4.69) is 20.7 Å². The van der Waals surface area contributed by atoms with E-state index < -0.39 is 10.0 Å². The Bertz CT molecular complexity index is 462. The quantitative estimate of drug-likeness (QED) is 0.867. The zero-order valence-electron chi connectivity index (χ0n) is 9.98. The normalized spacial score (nSPS) is 12.0. The monoisotopic (exact) mass is 320 g/mol. The maximum absolute atomic E-state index is 12.0. The van der Waals surface area contributed by atoms with Crippen molar-refractivity contribution in [2.75, 3.05) is 26.7 Å². The molecule has 0 aliphatic carbocycles. The fourth-order valence-corrected chi connectivity index (χ4v) is 3.29. The van der Waals surface area contributed by atoms with Gasteiger partial charge in [0.1, 0.15) is 0 Å². The second-order valence-electron chi connectivity index (χ2n) is 3.72. The Morgan fingerprint density at radius 3 is 2.59 bits per heavy atom. The number of likely N-dealkylation sites (N-methyl/N-ethyl adjacent to an activating group) is 1. The Morgan fingerprint density at radius 2 is 2.00 bits per heavy atom. The molecule has 6 heteroatoms. The van der Waals surface area contributed by atoms with Crippen molar-refractivity contribution >= 4 is 26.0 Å². The Balaban J connectivity index is 2.67. The van der Waals surface area contributed by atoms with Gasteiger partial charge in [0.05, 0.1) is 4.90 Å². The summed E-state index contributed by atoms with van der Waals surface area (Å²) in [6.45, 7) is 4.03. The third kappa shape index (κ3) is 4.39. The SMILES string of the molecule is CCN(C)CCNS(=O)(=O)c1ccccc1Br. The van der Waals surface area contributed by atoms with Gasteiger partial charge in [-0.25, -0.2) is 13.1 Å². The molecule has 0 saturated heterocycles. The number of halogens is 1. The molecule has 1 N–H and O–H groups in total. The summed E-state index contributed by atoms with van der Waals surface area (Å²) in [7, 11) is -1.47. The number of rotatable bonds is 6. The number of hydrogen-bond acceptors (Lipinski definition) is 3. The molecule has 4 nitrogen and oxygen atoms in total. The van der Waals surface area contributed by atoms with Gasteiger partial charge in [-0.2, -0.15) is 0 Å². The molecule has 0 saturated carbocycles. The molecule has 0 aromatic heterocycles. The number of benzene rings is 1. The fourth-order valence-electron chi connectivity index (χ4n) is 1.27. The van der Waals surface area contributed by atoms with Crippen LogP contribution in [0.25, 0.3) is 0 Å². The van der Waals surface area contributed by atoms with Gasteiger partial charge in [0.15, 0.2) is 0 Å². The molecule has 17 heavy (non-hydrogen) atoms. The number of nitrogens with zero attached hydrogens (tertiary/aromatic N) is 1. The zero-order chi connectivity index (χ0) is 12.9. The highest BCUT2D eigenvalue weighted by Crippen LogP contribution is 2.20. The van der Waals surface area contributed by atoms with E-state index in [0.29, 0.717) is 17.6 Å². The Labute approximate surface area is 111 Å². The second-order valence-corrected chi connectivity index (χ2v) is 6.31. The van der Waals surface area contributed by atoms with E-state index in [1.807, 2.05) is 18.9 Å². The van der Waals surface area contributed by atoms with Crippen molar-refractivity contribution in [2.45, 2.75) is 11.8 Å². The molecule has 0 radical (unpaired) electrons. The molecule has 0 fully saturated rings. The zero-order valence-corrected chi connectivity index (χ0v) is 12.4. The van der Waals surface area contributed by atoms with Crippen LogP contribution < -0.4 is 4.72 Å². The van der Waals surface area contributed by atoms with Crippen LogP contribution in [0.5, 0.6) is 0 Å². The van der Waals surface area contributed by atoms with Crippen LogP contribution in [0.2, 0.25) is 0 Å². The first-order valence-corrected chi connectivity index (χ1v) is 7.67. The van der Waals surface area contributed by atoms with Gasteiger partial charge in [-0.05, 0) is 41.7 Å². The average Bonchev–Trinajstić information content (AvgIpc) is 2.28. The van der Waals surface area contributed by atoms with Crippen molar-refractivity contribution in [3.8, 4) is 0 Å². The Morgan fingerprint density at radius 1 is 1.35 bits per heavy atom. The van der Waals surface area contributed by atoms with E-state index in [0.717, 1.165) is 6.54 Å². The van der Waals surface area contributed by atoms with Gasteiger partial charge < -0.3 is 4.90 Å². The summed E-state index contributed by atoms with van der Waals surface area (Å²) < 4.78 is 27.1. The first-order chi connectivity index (χ1) is 7.97. The molecule has 0 amide bonds. The lowest BCUT2D eigenvalue weighted by Crippen LogP contribution is -2.33. The second kappa shape index (κ2) is 6.49. The molecule has 1 aromatic carbocycles. The molecular weight excluding hydrogens is 304 g/mol. The van der Waals surface area contributed by atoms with E-state index in [1.54, 1.807) is 24.3 Å². The Hall–Kier alpha value is -0.430. The molecule has 0 spiro atoms. The molecule has 0 atom stereocenters. The largest absolute Gasteiger partial charge is 0.305 e. The minimum absolute atomic E-state index is 0.277. The van der Waals surface area contributed by atoms with Crippen LogP contribution in [0.1, 0.15) is 6.92 Å². The van der Waals surface area contributed by atoms with E-state index in [4.69, 9.17) is 0 Å². The van der Waals surface area contributed by atoms with Gasteiger partial charge in [-0.3, -0.25) is 0 Å². The van der Waals surface area contributed by atoms with Crippen molar-refractivity contribution in [1.29, 1.82) is 0 Å². The third-order valence-electron chi connectivity index (χ3n) is 2.45. The maximum Gasteiger partial charge on any atom is 0.241 e. The van der Waals surface area contributed by atoms with Crippen molar-refractivity contribution in [2.24, 2.45) is 0 Å². The van der Waals surface area contributed by atoms with Gasteiger partial charge in [0.25, 0.3) is 0 Å². The first kappa shape index (κ1) is 14.6. The summed E-state index contributed by atoms with van der Waals surface area (Å²) in [4.78, 5) is 2.32. The number of sulfonamides is 1.